The molecule has 2 heterocycles. The van der Waals surface area contributed by atoms with Gasteiger partial charge in [0.2, 0.25) is 5.91 Å². The molecule has 0 spiro atoms. The van der Waals surface area contributed by atoms with Gasteiger partial charge in [-0.1, -0.05) is 24.3 Å². The molecule has 0 saturated heterocycles. The van der Waals surface area contributed by atoms with Crippen LogP contribution in [0.5, 0.6) is 0 Å². The van der Waals surface area contributed by atoms with Crippen molar-refractivity contribution in [1.29, 1.82) is 0 Å². The van der Waals surface area contributed by atoms with Gasteiger partial charge in [0.1, 0.15) is 0 Å². The van der Waals surface area contributed by atoms with Crippen molar-refractivity contribution >= 4 is 34.1 Å². The Morgan fingerprint density at radius 3 is 2.78 bits per heavy atom. The third kappa shape index (κ3) is 3.78. The largest absolute Gasteiger partial charge is 0.360 e. The highest BCUT2D eigenvalue weighted by atomic mass is 32.1. The Morgan fingerprint density at radius 2 is 1.96 bits per heavy atom. The van der Waals surface area contributed by atoms with E-state index in [1.54, 1.807) is 17.5 Å². The Balaban J connectivity index is 1.47. The van der Waals surface area contributed by atoms with Gasteiger partial charge in [-0.15, -0.1) is 11.3 Å². The molecule has 0 unspecified atom stereocenters. The van der Waals surface area contributed by atoms with Crippen LogP contribution in [0, 0.1) is 0 Å². The van der Waals surface area contributed by atoms with Crippen LogP contribution in [-0.4, -0.2) is 29.9 Å². The van der Waals surface area contributed by atoms with Crippen molar-refractivity contribution in [2.75, 3.05) is 13.1 Å². The molecule has 23 heavy (non-hydrogen) atoms. The minimum absolute atomic E-state index is 0.0250. The summed E-state index contributed by atoms with van der Waals surface area (Å²) in [5.41, 5.74) is 1.45. The molecule has 3 N–H and O–H groups in total. The number of amides is 2. The second-order valence-electron chi connectivity index (χ2n) is 5.11. The number of aromatic nitrogens is 1. The smallest absolute Gasteiger partial charge is 0.253 e. The van der Waals surface area contributed by atoms with E-state index >= 15 is 0 Å². The Morgan fingerprint density at radius 1 is 1.09 bits per heavy atom. The zero-order valence-electron chi connectivity index (χ0n) is 12.5. The lowest BCUT2D eigenvalue weighted by atomic mass is 10.1. The normalized spacial score (nSPS) is 10.6. The SMILES string of the molecule is O=C(CNC(=O)c1c[nH]c2ccccc12)NCCc1cccs1. The van der Waals surface area contributed by atoms with Gasteiger partial charge in [-0.3, -0.25) is 9.59 Å². The first kappa shape index (κ1) is 15.3. The lowest BCUT2D eigenvalue weighted by Gasteiger charge is -2.06. The molecule has 0 atom stereocenters. The van der Waals surface area contributed by atoms with Crippen molar-refractivity contribution in [3.05, 3.63) is 58.4 Å². The van der Waals surface area contributed by atoms with Crippen LogP contribution in [0.4, 0.5) is 0 Å². The Hall–Kier alpha value is -2.60. The molecule has 2 aromatic heterocycles. The summed E-state index contributed by atoms with van der Waals surface area (Å²) in [6.07, 6.45) is 2.47. The zero-order valence-corrected chi connectivity index (χ0v) is 13.3. The molecule has 0 fully saturated rings. The number of carbonyl (C=O) groups excluding carboxylic acids is 2. The zero-order chi connectivity index (χ0) is 16.1. The van der Waals surface area contributed by atoms with Crippen molar-refractivity contribution in [2.24, 2.45) is 0 Å². The van der Waals surface area contributed by atoms with Crippen molar-refractivity contribution in [2.45, 2.75) is 6.42 Å². The van der Waals surface area contributed by atoms with Crippen LogP contribution >= 0.6 is 11.3 Å². The van der Waals surface area contributed by atoms with E-state index in [4.69, 9.17) is 0 Å². The van der Waals surface area contributed by atoms with Gasteiger partial charge in [-0.25, -0.2) is 0 Å². The van der Waals surface area contributed by atoms with Gasteiger partial charge >= 0.3 is 0 Å². The molecule has 0 saturated carbocycles. The number of carbonyl (C=O) groups is 2. The van der Waals surface area contributed by atoms with E-state index in [9.17, 15) is 9.59 Å². The maximum absolute atomic E-state index is 12.2. The number of para-hydroxylation sites is 1. The second-order valence-corrected chi connectivity index (χ2v) is 6.14. The Kier molecular flexibility index (Phi) is 4.73. The standard InChI is InChI=1S/C17H17N3O2S/c21-16(18-8-7-12-4-3-9-23-12)11-20-17(22)14-10-19-15-6-2-1-5-13(14)15/h1-6,9-10,19H,7-8,11H2,(H,18,21)(H,20,22). The van der Waals surface area contributed by atoms with E-state index in [2.05, 4.69) is 15.6 Å². The molecule has 6 heteroatoms. The first-order valence-electron chi connectivity index (χ1n) is 7.37. The van der Waals surface area contributed by atoms with Crippen molar-refractivity contribution in [3.8, 4) is 0 Å². The van der Waals surface area contributed by atoms with Gasteiger partial charge in [0.15, 0.2) is 0 Å². The number of thiophene rings is 1. The topological polar surface area (TPSA) is 74.0 Å². The molecule has 1 aromatic carbocycles. The third-order valence-electron chi connectivity index (χ3n) is 3.52. The van der Waals surface area contributed by atoms with E-state index in [1.807, 2.05) is 41.8 Å². The predicted octanol–water partition coefficient (Wildman–Crippen LogP) is 2.32. The maximum Gasteiger partial charge on any atom is 0.253 e. The van der Waals surface area contributed by atoms with Crippen LogP contribution in [0.25, 0.3) is 10.9 Å². The quantitative estimate of drug-likeness (QED) is 0.650. The summed E-state index contributed by atoms with van der Waals surface area (Å²) in [6.45, 7) is 0.547. The first-order valence-corrected chi connectivity index (χ1v) is 8.25. The molecule has 3 aromatic rings. The summed E-state index contributed by atoms with van der Waals surface area (Å²) in [7, 11) is 0. The van der Waals surface area contributed by atoms with E-state index in [0.29, 0.717) is 12.1 Å². The summed E-state index contributed by atoms with van der Waals surface area (Å²) in [6, 6.07) is 11.6. The van der Waals surface area contributed by atoms with E-state index < -0.39 is 0 Å². The highest BCUT2D eigenvalue weighted by molar-refractivity contribution is 7.09. The molecule has 0 aliphatic rings. The summed E-state index contributed by atoms with van der Waals surface area (Å²) < 4.78 is 0. The molecular weight excluding hydrogens is 310 g/mol. The molecule has 0 aliphatic carbocycles. The molecule has 0 radical (unpaired) electrons. The monoisotopic (exact) mass is 327 g/mol. The summed E-state index contributed by atoms with van der Waals surface area (Å²) in [4.78, 5) is 28.2. The molecule has 5 nitrogen and oxygen atoms in total. The summed E-state index contributed by atoms with van der Waals surface area (Å²) in [5.74, 6) is -0.439. The minimum Gasteiger partial charge on any atom is -0.360 e. The summed E-state index contributed by atoms with van der Waals surface area (Å²) in [5, 5.41) is 8.32. The fourth-order valence-corrected chi connectivity index (χ4v) is 3.07. The number of aromatic amines is 1. The van der Waals surface area contributed by atoms with Gasteiger partial charge < -0.3 is 15.6 Å². The highest BCUT2D eigenvalue weighted by Crippen LogP contribution is 2.17. The van der Waals surface area contributed by atoms with Crippen molar-refractivity contribution < 1.29 is 9.59 Å². The number of H-pyrrole nitrogens is 1. The van der Waals surface area contributed by atoms with Crippen LogP contribution in [0.2, 0.25) is 0 Å². The van der Waals surface area contributed by atoms with E-state index in [1.165, 1.54) is 4.88 Å². The number of nitrogens with one attached hydrogen (secondary N) is 3. The van der Waals surface area contributed by atoms with Crippen LogP contribution in [0.1, 0.15) is 15.2 Å². The predicted molar refractivity (Wildman–Crippen MR) is 91.7 cm³/mol. The number of rotatable bonds is 6. The molecule has 0 aliphatic heterocycles. The number of hydrogen-bond donors (Lipinski definition) is 3. The molecule has 2 amide bonds. The van der Waals surface area contributed by atoms with Crippen molar-refractivity contribution in [3.63, 3.8) is 0 Å². The fraction of sp³-hybridized carbons (Fsp3) is 0.176. The van der Waals surface area contributed by atoms with E-state index in [-0.39, 0.29) is 18.4 Å². The maximum atomic E-state index is 12.2. The highest BCUT2D eigenvalue weighted by Gasteiger charge is 2.12. The second kappa shape index (κ2) is 7.11. The third-order valence-corrected chi connectivity index (χ3v) is 4.45. The minimum atomic E-state index is -0.254. The number of fused-ring (bicyclic) bond motifs is 1. The molecule has 118 valence electrons. The Labute approximate surface area is 137 Å². The van der Waals surface area contributed by atoms with Crippen LogP contribution < -0.4 is 10.6 Å². The first-order chi connectivity index (χ1) is 11.2. The lowest BCUT2D eigenvalue weighted by molar-refractivity contribution is -0.120. The average Bonchev–Trinajstić information content (AvgIpc) is 3.22. The van der Waals surface area contributed by atoms with Crippen LogP contribution in [0.15, 0.2) is 48.0 Å². The van der Waals surface area contributed by atoms with Crippen molar-refractivity contribution in [1.82, 2.24) is 15.6 Å². The fourth-order valence-electron chi connectivity index (χ4n) is 2.36. The van der Waals surface area contributed by atoms with Gasteiger partial charge in [-0.05, 0) is 23.9 Å². The number of hydrogen-bond acceptors (Lipinski definition) is 3. The molecule has 3 rings (SSSR count). The molecular formula is C17H17N3O2S. The van der Waals surface area contributed by atoms with Gasteiger partial charge in [0.05, 0.1) is 12.1 Å². The van der Waals surface area contributed by atoms with Gasteiger partial charge in [-0.2, -0.15) is 0 Å². The number of benzene rings is 1. The molecule has 0 bridgehead atoms. The Bertz CT molecular complexity index is 808. The van der Waals surface area contributed by atoms with Gasteiger partial charge in [0, 0.05) is 28.5 Å². The van der Waals surface area contributed by atoms with Crippen LogP contribution in [0.3, 0.4) is 0 Å². The average molecular weight is 327 g/mol. The van der Waals surface area contributed by atoms with Crippen LogP contribution in [-0.2, 0) is 11.2 Å². The van der Waals surface area contributed by atoms with E-state index in [0.717, 1.165) is 17.3 Å². The summed E-state index contributed by atoms with van der Waals surface area (Å²) >= 11 is 1.67. The van der Waals surface area contributed by atoms with Gasteiger partial charge in [0.25, 0.3) is 5.91 Å². The lowest BCUT2D eigenvalue weighted by Crippen LogP contribution is -2.37.